The number of benzene rings is 1. The second-order valence-electron chi connectivity index (χ2n) is 4.91. The highest BCUT2D eigenvalue weighted by molar-refractivity contribution is 5.73. The molecule has 2 atom stereocenters. The quantitative estimate of drug-likeness (QED) is 0.756. The Balaban J connectivity index is 2.42. The van der Waals surface area contributed by atoms with Gasteiger partial charge in [0.2, 0.25) is 0 Å². The molecular formula is C15H24N2O2. The van der Waals surface area contributed by atoms with Crippen molar-refractivity contribution in [3.05, 3.63) is 30.3 Å². The Kier molecular flexibility index (Phi) is 6.36. The molecular weight excluding hydrogens is 240 g/mol. The fourth-order valence-corrected chi connectivity index (χ4v) is 1.97. The van der Waals surface area contributed by atoms with Crippen LogP contribution in [-0.4, -0.2) is 37.3 Å². The number of hydrogen-bond acceptors (Lipinski definition) is 3. The van der Waals surface area contributed by atoms with Crippen molar-refractivity contribution in [2.45, 2.75) is 26.3 Å². The molecule has 0 saturated carbocycles. The number of rotatable bonds is 8. The van der Waals surface area contributed by atoms with Crippen molar-refractivity contribution in [2.75, 3.05) is 25.0 Å². The van der Waals surface area contributed by atoms with Crippen LogP contribution in [0.5, 0.6) is 0 Å². The molecule has 4 nitrogen and oxygen atoms in total. The van der Waals surface area contributed by atoms with Gasteiger partial charge in [0.1, 0.15) is 6.04 Å². The molecule has 0 aliphatic rings. The standard InChI is InChI=1S/C15H24N2O2/c1-4-12(2)14(15(18)19)16-10-11-17(3)13-8-6-5-7-9-13/h5-9,12,14,16H,4,10-11H2,1-3H3,(H,18,19)/t12-,14-/m0/s1. The molecule has 1 aromatic rings. The summed E-state index contributed by atoms with van der Waals surface area (Å²) in [7, 11) is 2.01. The van der Waals surface area contributed by atoms with Crippen molar-refractivity contribution >= 4 is 11.7 Å². The smallest absolute Gasteiger partial charge is 0.320 e. The average molecular weight is 264 g/mol. The molecule has 0 saturated heterocycles. The molecule has 1 rings (SSSR count). The summed E-state index contributed by atoms with van der Waals surface area (Å²) in [5.41, 5.74) is 1.14. The van der Waals surface area contributed by atoms with Crippen molar-refractivity contribution in [1.82, 2.24) is 5.32 Å². The zero-order valence-electron chi connectivity index (χ0n) is 12.0. The third kappa shape index (κ3) is 4.91. The zero-order chi connectivity index (χ0) is 14.3. The molecule has 0 aliphatic heterocycles. The second kappa shape index (κ2) is 7.79. The van der Waals surface area contributed by atoms with Gasteiger partial charge in [0, 0.05) is 25.8 Å². The largest absolute Gasteiger partial charge is 0.480 e. The molecule has 2 N–H and O–H groups in total. The van der Waals surface area contributed by atoms with Crippen LogP contribution >= 0.6 is 0 Å². The summed E-state index contributed by atoms with van der Waals surface area (Å²) in [4.78, 5) is 13.3. The molecule has 0 aliphatic carbocycles. The minimum Gasteiger partial charge on any atom is -0.480 e. The van der Waals surface area contributed by atoms with Crippen LogP contribution in [-0.2, 0) is 4.79 Å². The Bertz CT molecular complexity index is 381. The first-order valence-corrected chi connectivity index (χ1v) is 6.78. The van der Waals surface area contributed by atoms with Gasteiger partial charge < -0.3 is 15.3 Å². The van der Waals surface area contributed by atoms with Gasteiger partial charge >= 0.3 is 5.97 Å². The number of nitrogens with zero attached hydrogens (tertiary/aromatic N) is 1. The summed E-state index contributed by atoms with van der Waals surface area (Å²) in [5.74, 6) is -0.628. The fourth-order valence-electron chi connectivity index (χ4n) is 1.97. The summed E-state index contributed by atoms with van der Waals surface area (Å²) in [6.45, 7) is 5.42. The molecule has 0 spiro atoms. The summed E-state index contributed by atoms with van der Waals surface area (Å²) in [6.07, 6.45) is 0.860. The van der Waals surface area contributed by atoms with E-state index in [-0.39, 0.29) is 5.92 Å². The second-order valence-corrected chi connectivity index (χ2v) is 4.91. The van der Waals surface area contributed by atoms with Gasteiger partial charge in [-0.25, -0.2) is 0 Å². The maximum absolute atomic E-state index is 11.2. The van der Waals surface area contributed by atoms with Crippen LogP contribution < -0.4 is 10.2 Å². The number of para-hydroxylation sites is 1. The van der Waals surface area contributed by atoms with Gasteiger partial charge in [-0.2, -0.15) is 0 Å². The lowest BCUT2D eigenvalue weighted by Gasteiger charge is -2.23. The highest BCUT2D eigenvalue weighted by Crippen LogP contribution is 2.11. The first-order chi connectivity index (χ1) is 9.06. The van der Waals surface area contributed by atoms with Gasteiger partial charge in [-0.1, -0.05) is 38.5 Å². The highest BCUT2D eigenvalue weighted by atomic mass is 16.4. The first-order valence-electron chi connectivity index (χ1n) is 6.78. The molecule has 1 aromatic carbocycles. The summed E-state index contributed by atoms with van der Waals surface area (Å²) >= 11 is 0. The van der Waals surface area contributed by atoms with E-state index in [1.807, 2.05) is 51.2 Å². The van der Waals surface area contributed by atoms with E-state index in [0.717, 1.165) is 18.7 Å². The molecule has 0 amide bonds. The monoisotopic (exact) mass is 264 g/mol. The molecule has 0 bridgehead atoms. The summed E-state index contributed by atoms with van der Waals surface area (Å²) in [6, 6.07) is 9.61. The average Bonchev–Trinajstić information content (AvgIpc) is 2.43. The minimum atomic E-state index is -0.767. The molecule has 0 aromatic heterocycles. The van der Waals surface area contributed by atoms with E-state index in [1.165, 1.54) is 0 Å². The van der Waals surface area contributed by atoms with Crippen LogP contribution in [0, 0.1) is 5.92 Å². The lowest BCUT2D eigenvalue weighted by Crippen LogP contribution is -2.44. The summed E-state index contributed by atoms with van der Waals surface area (Å²) < 4.78 is 0. The van der Waals surface area contributed by atoms with Crippen LogP contribution in [0.25, 0.3) is 0 Å². The van der Waals surface area contributed by atoms with Gasteiger partial charge in [0.15, 0.2) is 0 Å². The SMILES string of the molecule is CC[C@H](C)[C@H](NCCN(C)c1ccccc1)C(=O)O. The molecule has 0 fully saturated rings. The number of carboxylic acids is 1. The predicted molar refractivity (Wildman–Crippen MR) is 78.6 cm³/mol. The Morgan fingerprint density at radius 2 is 2.00 bits per heavy atom. The topological polar surface area (TPSA) is 52.6 Å². The van der Waals surface area contributed by atoms with E-state index in [4.69, 9.17) is 0 Å². The summed E-state index contributed by atoms with van der Waals surface area (Å²) in [5, 5.41) is 12.3. The Morgan fingerprint density at radius 3 is 2.53 bits per heavy atom. The van der Waals surface area contributed by atoms with E-state index in [9.17, 15) is 9.90 Å². The molecule has 19 heavy (non-hydrogen) atoms. The minimum absolute atomic E-state index is 0.138. The van der Waals surface area contributed by atoms with Crippen molar-refractivity contribution in [2.24, 2.45) is 5.92 Å². The lowest BCUT2D eigenvalue weighted by molar-refractivity contribution is -0.140. The van der Waals surface area contributed by atoms with Crippen LogP contribution in [0.4, 0.5) is 5.69 Å². The van der Waals surface area contributed by atoms with Gasteiger partial charge in [0.25, 0.3) is 0 Å². The number of carbonyl (C=O) groups is 1. The number of hydrogen-bond donors (Lipinski definition) is 2. The van der Waals surface area contributed by atoms with Crippen molar-refractivity contribution < 1.29 is 9.90 Å². The first kappa shape index (κ1) is 15.5. The lowest BCUT2D eigenvalue weighted by atomic mass is 9.99. The third-order valence-electron chi connectivity index (χ3n) is 3.49. The van der Waals surface area contributed by atoms with Crippen molar-refractivity contribution in [3.8, 4) is 0 Å². The molecule has 0 heterocycles. The van der Waals surface area contributed by atoms with Crippen LogP contribution in [0.2, 0.25) is 0 Å². The maximum atomic E-state index is 11.2. The molecule has 106 valence electrons. The molecule has 0 radical (unpaired) electrons. The van der Waals surface area contributed by atoms with E-state index in [0.29, 0.717) is 6.54 Å². The maximum Gasteiger partial charge on any atom is 0.320 e. The third-order valence-corrected chi connectivity index (χ3v) is 3.49. The van der Waals surface area contributed by atoms with Crippen molar-refractivity contribution in [3.63, 3.8) is 0 Å². The number of aliphatic carboxylic acids is 1. The normalized spacial score (nSPS) is 13.8. The Morgan fingerprint density at radius 1 is 1.37 bits per heavy atom. The Hall–Kier alpha value is -1.55. The van der Waals surface area contributed by atoms with Gasteiger partial charge in [-0.05, 0) is 18.1 Å². The zero-order valence-corrected chi connectivity index (χ0v) is 12.0. The number of likely N-dealkylation sites (N-methyl/N-ethyl adjacent to an activating group) is 1. The van der Waals surface area contributed by atoms with E-state index in [1.54, 1.807) is 0 Å². The van der Waals surface area contributed by atoms with E-state index in [2.05, 4.69) is 10.2 Å². The van der Waals surface area contributed by atoms with Crippen LogP contribution in [0.3, 0.4) is 0 Å². The number of anilines is 1. The number of carboxylic acid groups (broad SMARTS) is 1. The van der Waals surface area contributed by atoms with Crippen molar-refractivity contribution in [1.29, 1.82) is 0 Å². The predicted octanol–water partition coefficient (Wildman–Crippen LogP) is 2.21. The fraction of sp³-hybridized carbons (Fsp3) is 0.533. The Labute approximate surface area is 115 Å². The molecule has 4 heteroatoms. The van der Waals surface area contributed by atoms with Gasteiger partial charge in [-0.15, -0.1) is 0 Å². The van der Waals surface area contributed by atoms with E-state index < -0.39 is 12.0 Å². The number of nitrogens with one attached hydrogen (secondary N) is 1. The van der Waals surface area contributed by atoms with Crippen LogP contribution in [0.1, 0.15) is 20.3 Å². The van der Waals surface area contributed by atoms with Crippen LogP contribution in [0.15, 0.2) is 30.3 Å². The molecule has 0 unspecified atom stereocenters. The van der Waals surface area contributed by atoms with Gasteiger partial charge in [0.05, 0.1) is 0 Å². The highest BCUT2D eigenvalue weighted by Gasteiger charge is 2.22. The van der Waals surface area contributed by atoms with E-state index >= 15 is 0 Å². The van der Waals surface area contributed by atoms with Gasteiger partial charge in [-0.3, -0.25) is 4.79 Å².